The first kappa shape index (κ1) is 15.6. The summed E-state index contributed by atoms with van der Waals surface area (Å²) < 4.78 is 1.81. The summed E-state index contributed by atoms with van der Waals surface area (Å²) in [6, 6.07) is 0. The lowest BCUT2D eigenvalue weighted by Crippen LogP contribution is -2.16. The molecule has 0 aliphatic heterocycles. The highest BCUT2D eigenvalue weighted by Gasteiger charge is 2.18. The van der Waals surface area contributed by atoms with Crippen molar-refractivity contribution in [2.75, 3.05) is 0 Å². The molecule has 0 saturated heterocycles. The Bertz CT molecular complexity index is 617. The molecular formula is C15H24N6. The van der Waals surface area contributed by atoms with Gasteiger partial charge in [-0.2, -0.15) is 9.78 Å². The van der Waals surface area contributed by atoms with Gasteiger partial charge in [-0.05, 0) is 18.4 Å². The van der Waals surface area contributed by atoms with Crippen LogP contribution >= 0.6 is 0 Å². The van der Waals surface area contributed by atoms with Gasteiger partial charge in [0.25, 0.3) is 0 Å². The number of rotatable bonds is 6. The Hall–Kier alpha value is -1.82. The molecule has 6 nitrogen and oxygen atoms in total. The van der Waals surface area contributed by atoms with Crippen molar-refractivity contribution in [3.63, 3.8) is 0 Å². The number of hydrogen-bond acceptors (Lipinski definition) is 5. The highest BCUT2D eigenvalue weighted by molar-refractivity contribution is 5.41. The zero-order valence-corrected chi connectivity index (χ0v) is 13.3. The quantitative estimate of drug-likeness (QED) is 0.876. The summed E-state index contributed by atoms with van der Waals surface area (Å²) in [6.07, 6.45) is 3.37. The van der Waals surface area contributed by atoms with Gasteiger partial charge in [0.1, 0.15) is 5.82 Å². The molecule has 2 aromatic rings. The third kappa shape index (κ3) is 2.81. The first-order valence-corrected chi connectivity index (χ1v) is 7.72. The van der Waals surface area contributed by atoms with Crippen LogP contribution in [0.1, 0.15) is 56.2 Å². The molecule has 0 atom stereocenters. The number of aryl methyl sites for hydroxylation is 3. The van der Waals surface area contributed by atoms with Gasteiger partial charge in [-0.25, -0.2) is 4.98 Å². The molecule has 0 amide bonds. The van der Waals surface area contributed by atoms with Crippen LogP contribution in [-0.4, -0.2) is 25.0 Å². The van der Waals surface area contributed by atoms with Gasteiger partial charge in [-0.15, -0.1) is 10.2 Å². The van der Waals surface area contributed by atoms with Crippen molar-refractivity contribution in [3.8, 4) is 5.82 Å². The van der Waals surface area contributed by atoms with Crippen LogP contribution in [0.5, 0.6) is 0 Å². The van der Waals surface area contributed by atoms with Gasteiger partial charge in [0, 0.05) is 24.9 Å². The minimum atomic E-state index is 0.436. The van der Waals surface area contributed by atoms with Gasteiger partial charge in [0.05, 0.1) is 5.69 Å². The summed E-state index contributed by atoms with van der Waals surface area (Å²) in [5.74, 6) is 2.46. The SMILES string of the molecule is CCc1nc(CC)n(-c2nnc(CC)c(CC)c2CN)n1. The lowest BCUT2D eigenvalue weighted by molar-refractivity contribution is 0.717. The second kappa shape index (κ2) is 6.76. The van der Waals surface area contributed by atoms with Crippen molar-refractivity contribution in [1.29, 1.82) is 0 Å². The van der Waals surface area contributed by atoms with Gasteiger partial charge in [-0.3, -0.25) is 0 Å². The fourth-order valence-electron chi connectivity index (χ4n) is 2.56. The fraction of sp³-hybridized carbons (Fsp3) is 0.600. The van der Waals surface area contributed by atoms with E-state index in [1.165, 1.54) is 5.56 Å². The molecule has 0 radical (unpaired) electrons. The maximum atomic E-state index is 5.99. The van der Waals surface area contributed by atoms with Gasteiger partial charge in [0.15, 0.2) is 11.6 Å². The minimum Gasteiger partial charge on any atom is -0.326 e. The maximum Gasteiger partial charge on any atom is 0.182 e. The Morgan fingerprint density at radius 2 is 1.67 bits per heavy atom. The van der Waals surface area contributed by atoms with Gasteiger partial charge in [0.2, 0.25) is 0 Å². The van der Waals surface area contributed by atoms with Gasteiger partial charge in [-0.1, -0.05) is 27.7 Å². The van der Waals surface area contributed by atoms with Crippen molar-refractivity contribution < 1.29 is 0 Å². The summed E-state index contributed by atoms with van der Waals surface area (Å²) in [5, 5.41) is 13.3. The molecule has 114 valence electrons. The molecule has 2 N–H and O–H groups in total. The lowest BCUT2D eigenvalue weighted by Gasteiger charge is -2.14. The summed E-state index contributed by atoms with van der Waals surface area (Å²) in [5.41, 5.74) is 9.24. The van der Waals surface area contributed by atoms with E-state index in [-0.39, 0.29) is 0 Å². The van der Waals surface area contributed by atoms with E-state index in [4.69, 9.17) is 5.73 Å². The largest absolute Gasteiger partial charge is 0.326 e. The predicted octanol–water partition coefficient (Wildman–Crippen LogP) is 1.77. The Labute approximate surface area is 125 Å². The van der Waals surface area contributed by atoms with E-state index in [1.54, 1.807) is 0 Å². The van der Waals surface area contributed by atoms with E-state index < -0.39 is 0 Å². The number of nitrogens with zero attached hydrogens (tertiary/aromatic N) is 5. The second-order valence-corrected chi connectivity index (χ2v) is 4.90. The average molecular weight is 288 g/mol. The van der Waals surface area contributed by atoms with E-state index in [9.17, 15) is 0 Å². The van der Waals surface area contributed by atoms with E-state index >= 15 is 0 Å². The zero-order chi connectivity index (χ0) is 15.4. The van der Waals surface area contributed by atoms with Crippen molar-refractivity contribution >= 4 is 0 Å². The van der Waals surface area contributed by atoms with E-state index in [1.807, 2.05) is 11.6 Å². The average Bonchev–Trinajstić information content (AvgIpc) is 2.96. The van der Waals surface area contributed by atoms with E-state index in [0.717, 1.165) is 54.4 Å². The predicted molar refractivity (Wildman–Crippen MR) is 82.4 cm³/mol. The van der Waals surface area contributed by atoms with Crippen molar-refractivity contribution in [2.24, 2.45) is 5.73 Å². The monoisotopic (exact) mass is 288 g/mol. The van der Waals surface area contributed by atoms with Gasteiger partial charge >= 0.3 is 0 Å². The highest BCUT2D eigenvalue weighted by Crippen LogP contribution is 2.20. The van der Waals surface area contributed by atoms with Crippen LogP contribution in [0.2, 0.25) is 0 Å². The number of aromatic nitrogens is 5. The smallest absolute Gasteiger partial charge is 0.182 e. The van der Waals surface area contributed by atoms with Crippen LogP contribution in [0, 0.1) is 0 Å². The summed E-state index contributed by atoms with van der Waals surface area (Å²) in [4.78, 5) is 4.54. The first-order valence-electron chi connectivity index (χ1n) is 7.72. The molecule has 2 heterocycles. The number of nitrogens with two attached hydrogens (primary N) is 1. The molecule has 0 saturated carbocycles. The van der Waals surface area contributed by atoms with Gasteiger partial charge < -0.3 is 5.73 Å². The third-order valence-corrected chi connectivity index (χ3v) is 3.69. The van der Waals surface area contributed by atoms with Crippen molar-refractivity contribution in [3.05, 3.63) is 28.5 Å². The van der Waals surface area contributed by atoms with Crippen LogP contribution in [-0.2, 0) is 32.2 Å². The molecule has 0 unspecified atom stereocenters. The molecule has 0 aliphatic rings. The molecule has 2 rings (SSSR count). The topological polar surface area (TPSA) is 82.5 Å². The maximum absolute atomic E-state index is 5.99. The highest BCUT2D eigenvalue weighted by atomic mass is 15.4. The standard InChI is InChI=1S/C15H24N6/c1-5-10-11(9-16)15(19-18-12(10)6-2)21-14(8-4)17-13(7-3)20-21/h5-9,16H2,1-4H3. The van der Waals surface area contributed by atoms with Crippen LogP contribution in [0.4, 0.5) is 0 Å². The summed E-state index contributed by atoms with van der Waals surface area (Å²) >= 11 is 0. The summed E-state index contributed by atoms with van der Waals surface area (Å²) in [7, 11) is 0. The molecule has 0 aliphatic carbocycles. The van der Waals surface area contributed by atoms with E-state index in [2.05, 4.69) is 41.1 Å². The van der Waals surface area contributed by atoms with E-state index in [0.29, 0.717) is 6.54 Å². The molecule has 0 aromatic carbocycles. The Morgan fingerprint density at radius 3 is 2.19 bits per heavy atom. The fourth-order valence-corrected chi connectivity index (χ4v) is 2.56. The minimum absolute atomic E-state index is 0.436. The normalized spacial score (nSPS) is 11.1. The van der Waals surface area contributed by atoms with Crippen LogP contribution in [0.3, 0.4) is 0 Å². The van der Waals surface area contributed by atoms with Crippen molar-refractivity contribution in [1.82, 2.24) is 25.0 Å². The molecule has 0 bridgehead atoms. The number of hydrogen-bond donors (Lipinski definition) is 1. The molecule has 0 fully saturated rings. The second-order valence-electron chi connectivity index (χ2n) is 4.90. The molecule has 2 aromatic heterocycles. The van der Waals surface area contributed by atoms with Crippen LogP contribution in [0.15, 0.2) is 0 Å². The first-order chi connectivity index (χ1) is 10.2. The van der Waals surface area contributed by atoms with Crippen LogP contribution in [0.25, 0.3) is 5.82 Å². The molecule has 0 spiro atoms. The van der Waals surface area contributed by atoms with Crippen LogP contribution < -0.4 is 5.73 Å². The lowest BCUT2D eigenvalue weighted by atomic mass is 10.0. The Morgan fingerprint density at radius 1 is 0.905 bits per heavy atom. The molecular weight excluding hydrogens is 264 g/mol. The van der Waals surface area contributed by atoms with Crippen molar-refractivity contribution in [2.45, 2.75) is 59.9 Å². The zero-order valence-electron chi connectivity index (χ0n) is 13.3. The summed E-state index contributed by atoms with van der Waals surface area (Å²) in [6.45, 7) is 8.76. The molecule has 21 heavy (non-hydrogen) atoms. The third-order valence-electron chi connectivity index (χ3n) is 3.69. The Balaban J connectivity index is 2.66. The Kier molecular flexibility index (Phi) is 5.01. The molecule has 6 heteroatoms.